The molecule has 9 nitrogen and oxygen atoms in total. The van der Waals surface area contributed by atoms with E-state index in [0.29, 0.717) is 11.4 Å². The Morgan fingerprint density at radius 1 is 0.740 bits per heavy atom. The Morgan fingerprint density at radius 3 is 2.16 bits per heavy atom. The molecule has 5 aromatic rings. The minimum absolute atomic E-state index is 0.0484. The maximum absolute atomic E-state index is 12.9. The lowest BCUT2D eigenvalue weighted by Gasteiger charge is -2.43. The summed E-state index contributed by atoms with van der Waals surface area (Å²) in [6, 6.07) is 37.8. The first-order valence-corrected chi connectivity index (χ1v) is 17.2. The third kappa shape index (κ3) is 7.05. The summed E-state index contributed by atoms with van der Waals surface area (Å²) in [7, 11) is 0. The highest BCUT2D eigenvalue weighted by atomic mass is 32.2. The van der Waals surface area contributed by atoms with Crippen LogP contribution < -0.4 is 11.1 Å². The summed E-state index contributed by atoms with van der Waals surface area (Å²) in [5.74, 6) is -1.37. The maximum atomic E-state index is 12.9. The van der Waals surface area contributed by atoms with Gasteiger partial charge in [0, 0.05) is 39.9 Å². The zero-order valence-electron chi connectivity index (χ0n) is 26.9. The summed E-state index contributed by atoms with van der Waals surface area (Å²) >= 11 is 1.65. The zero-order chi connectivity index (χ0) is 34.6. The van der Waals surface area contributed by atoms with Crippen molar-refractivity contribution in [1.82, 2.24) is 5.32 Å². The van der Waals surface area contributed by atoms with Crippen LogP contribution in [0.5, 0.6) is 0 Å². The van der Waals surface area contributed by atoms with Crippen LogP contribution in [0.3, 0.4) is 0 Å². The standard InChI is InChI=1S/C40H34N2O7S/c41-32-8-4-5-9-34(32)50-23-33-35(26-6-2-1-3-7-26)36(27-14-12-25(22-43)13-15-27)48-40(47-33)28-16-10-24(11-17-28)21-42-37(44)29-18-19-30-31(20-29)39(46)49-38(30)45/h1-20,33,35-36,40,43H,21-23,41H2,(H,42,44)/t33-,35-,36+,40?/m1/s1. The number of para-hydroxylation sites is 1. The van der Waals surface area contributed by atoms with Gasteiger partial charge in [-0.2, -0.15) is 0 Å². The first-order chi connectivity index (χ1) is 24.4. The van der Waals surface area contributed by atoms with E-state index < -0.39 is 18.2 Å². The monoisotopic (exact) mass is 686 g/mol. The lowest BCUT2D eigenvalue weighted by Crippen LogP contribution is -2.38. The molecule has 252 valence electrons. The SMILES string of the molecule is Nc1ccccc1SC[C@H]1OC(c2ccc(CNC(=O)c3ccc4c(c3)C(=O)OC4=O)cc2)O[C@@H](c2ccc(CO)cc2)[C@@H]1c1ccccc1. The summed E-state index contributed by atoms with van der Waals surface area (Å²) in [5, 5.41) is 12.6. The number of aliphatic hydroxyl groups is 1. The van der Waals surface area contributed by atoms with E-state index in [1.165, 1.54) is 18.2 Å². The van der Waals surface area contributed by atoms with E-state index in [1.54, 1.807) is 11.8 Å². The molecule has 2 heterocycles. The predicted octanol–water partition coefficient (Wildman–Crippen LogP) is 6.73. The van der Waals surface area contributed by atoms with Gasteiger partial charge in [0.15, 0.2) is 6.29 Å². The molecule has 0 aliphatic carbocycles. The smallest absolute Gasteiger partial charge is 0.346 e. The van der Waals surface area contributed by atoms with Gasteiger partial charge in [0.05, 0.1) is 29.9 Å². The van der Waals surface area contributed by atoms with Crippen molar-refractivity contribution < 1.29 is 33.7 Å². The summed E-state index contributed by atoms with van der Waals surface area (Å²) in [5.41, 5.74) is 12.1. The number of aliphatic hydroxyl groups excluding tert-OH is 1. The van der Waals surface area contributed by atoms with Gasteiger partial charge in [0.2, 0.25) is 0 Å². The van der Waals surface area contributed by atoms with Gasteiger partial charge in [0.1, 0.15) is 0 Å². The van der Waals surface area contributed by atoms with Gasteiger partial charge < -0.3 is 30.4 Å². The Balaban J connectivity index is 1.12. The van der Waals surface area contributed by atoms with Crippen LogP contribution in [0.4, 0.5) is 5.69 Å². The van der Waals surface area contributed by atoms with Gasteiger partial charge in [-0.15, -0.1) is 11.8 Å². The van der Waals surface area contributed by atoms with Crippen LogP contribution >= 0.6 is 11.8 Å². The number of thioether (sulfide) groups is 1. The van der Waals surface area contributed by atoms with E-state index in [9.17, 15) is 19.5 Å². The summed E-state index contributed by atoms with van der Waals surface area (Å²) < 4.78 is 18.2. The minimum atomic E-state index is -0.757. The predicted molar refractivity (Wildman–Crippen MR) is 188 cm³/mol. The molecule has 0 bridgehead atoms. The normalized spacial score (nSPS) is 19.9. The van der Waals surface area contributed by atoms with Gasteiger partial charge in [0.25, 0.3) is 5.91 Å². The third-order valence-electron chi connectivity index (χ3n) is 8.90. The highest BCUT2D eigenvalue weighted by Gasteiger charge is 2.42. The van der Waals surface area contributed by atoms with Crippen LogP contribution in [0.25, 0.3) is 0 Å². The van der Waals surface area contributed by atoms with E-state index in [1.807, 2.05) is 91.0 Å². The molecular weight excluding hydrogens is 653 g/mol. The highest BCUT2D eigenvalue weighted by Crippen LogP contribution is 2.48. The largest absolute Gasteiger partial charge is 0.398 e. The van der Waals surface area contributed by atoms with E-state index >= 15 is 0 Å². The van der Waals surface area contributed by atoms with Crippen LogP contribution in [-0.2, 0) is 27.4 Å². The first-order valence-electron chi connectivity index (χ1n) is 16.2. The second-order valence-electron chi connectivity index (χ2n) is 12.1. The number of benzene rings is 5. The Morgan fingerprint density at radius 2 is 1.42 bits per heavy atom. The Hall–Kier alpha value is -5.26. The summed E-state index contributed by atoms with van der Waals surface area (Å²) in [6.07, 6.45) is -1.31. The Kier molecular flexibility index (Phi) is 9.77. The van der Waals surface area contributed by atoms with Crippen LogP contribution in [0.15, 0.2) is 126 Å². The van der Waals surface area contributed by atoms with Crippen molar-refractivity contribution >= 4 is 35.3 Å². The van der Waals surface area contributed by atoms with Crippen LogP contribution in [0.1, 0.15) is 77.2 Å². The van der Waals surface area contributed by atoms with Gasteiger partial charge in [-0.05, 0) is 52.6 Å². The molecule has 1 saturated heterocycles. The topological polar surface area (TPSA) is 137 Å². The lowest BCUT2D eigenvalue weighted by atomic mass is 9.84. The Labute approximate surface area is 293 Å². The van der Waals surface area contributed by atoms with Gasteiger partial charge in [-0.25, -0.2) is 9.59 Å². The van der Waals surface area contributed by atoms with Crippen molar-refractivity contribution in [2.75, 3.05) is 11.5 Å². The first kappa shape index (κ1) is 33.2. The van der Waals surface area contributed by atoms with Crippen molar-refractivity contribution in [2.24, 2.45) is 0 Å². The molecule has 7 rings (SSSR count). The number of carbonyl (C=O) groups is 3. The number of hydrogen-bond donors (Lipinski definition) is 3. The molecule has 4 atom stereocenters. The number of ether oxygens (including phenoxy) is 3. The molecular formula is C40H34N2O7S. The molecule has 1 amide bonds. The fraction of sp³-hybridized carbons (Fsp3) is 0.175. The van der Waals surface area contributed by atoms with E-state index in [-0.39, 0.29) is 53.9 Å². The molecule has 4 N–H and O–H groups in total. The molecule has 1 fully saturated rings. The van der Waals surface area contributed by atoms with Crippen LogP contribution in [0, 0.1) is 0 Å². The molecule has 0 spiro atoms. The van der Waals surface area contributed by atoms with Crippen molar-refractivity contribution in [3.8, 4) is 0 Å². The number of cyclic esters (lactones) is 2. The third-order valence-corrected chi connectivity index (χ3v) is 10.1. The number of hydrogen-bond acceptors (Lipinski definition) is 9. The van der Waals surface area contributed by atoms with Gasteiger partial charge >= 0.3 is 11.9 Å². The summed E-state index contributed by atoms with van der Waals surface area (Å²) in [4.78, 5) is 37.6. The molecule has 0 aromatic heterocycles. The second-order valence-corrected chi connectivity index (χ2v) is 13.2. The number of nitrogen functional groups attached to an aromatic ring is 1. The van der Waals surface area contributed by atoms with E-state index in [0.717, 1.165) is 32.7 Å². The van der Waals surface area contributed by atoms with Gasteiger partial charge in [-0.3, -0.25) is 4.79 Å². The molecule has 10 heteroatoms. The molecule has 0 radical (unpaired) electrons. The molecule has 2 aliphatic rings. The molecule has 5 aromatic carbocycles. The van der Waals surface area contributed by atoms with Crippen molar-refractivity contribution in [3.63, 3.8) is 0 Å². The summed E-state index contributed by atoms with van der Waals surface area (Å²) in [6.45, 7) is 0.187. The lowest BCUT2D eigenvalue weighted by molar-refractivity contribution is -0.255. The number of rotatable bonds is 10. The van der Waals surface area contributed by atoms with Crippen molar-refractivity contribution in [3.05, 3.63) is 166 Å². The van der Waals surface area contributed by atoms with E-state index in [4.69, 9.17) is 15.2 Å². The number of fused-ring (bicyclic) bond motifs is 1. The number of amides is 1. The number of nitrogens with one attached hydrogen (secondary N) is 1. The fourth-order valence-corrected chi connectivity index (χ4v) is 7.28. The zero-order valence-corrected chi connectivity index (χ0v) is 27.7. The van der Waals surface area contributed by atoms with Crippen LogP contribution in [0.2, 0.25) is 0 Å². The highest BCUT2D eigenvalue weighted by molar-refractivity contribution is 7.99. The molecule has 2 aliphatic heterocycles. The van der Waals surface area contributed by atoms with Gasteiger partial charge in [-0.1, -0.05) is 91.0 Å². The molecule has 50 heavy (non-hydrogen) atoms. The number of anilines is 1. The number of esters is 2. The van der Waals surface area contributed by atoms with Crippen LogP contribution in [-0.4, -0.2) is 34.8 Å². The van der Waals surface area contributed by atoms with Crippen molar-refractivity contribution in [1.29, 1.82) is 0 Å². The molecule has 1 unspecified atom stereocenters. The second kappa shape index (κ2) is 14.7. The average molecular weight is 687 g/mol. The average Bonchev–Trinajstić information content (AvgIpc) is 3.45. The maximum Gasteiger partial charge on any atom is 0.346 e. The number of nitrogens with two attached hydrogens (primary N) is 1. The fourth-order valence-electron chi connectivity index (χ4n) is 6.24. The minimum Gasteiger partial charge on any atom is -0.398 e. The van der Waals surface area contributed by atoms with Crippen molar-refractivity contribution in [2.45, 2.75) is 42.5 Å². The quantitative estimate of drug-likeness (QED) is 0.0632. The van der Waals surface area contributed by atoms with E-state index in [2.05, 4.69) is 22.2 Å². The Bertz CT molecular complexity index is 2020. The number of carbonyl (C=O) groups excluding carboxylic acids is 3. The molecule has 0 saturated carbocycles.